The molecule has 1 unspecified atom stereocenters. The minimum Gasteiger partial charge on any atom is -0.486 e. The van der Waals surface area contributed by atoms with E-state index in [9.17, 15) is 1.37 Å². The first-order valence-corrected chi connectivity index (χ1v) is 20.1. The number of hydrogen-bond donors (Lipinski definition) is 0. The molecule has 0 saturated carbocycles. The normalized spacial score (nSPS) is 16.3. The van der Waals surface area contributed by atoms with Gasteiger partial charge in [-0.15, -0.1) is 53.6 Å². The molecule has 51 heavy (non-hydrogen) atoms. The van der Waals surface area contributed by atoms with Gasteiger partial charge in [0.15, 0.2) is 0 Å². The van der Waals surface area contributed by atoms with Crippen LogP contribution in [0, 0.1) is 31.3 Å². The zero-order chi connectivity index (χ0) is 43.3. The topological polar surface area (TPSA) is 51.8 Å². The van der Waals surface area contributed by atoms with Gasteiger partial charge < -0.3 is 14.4 Å². The molecule has 0 aliphatic rings. The van der Waals surface area contributed by atoms with Crippen LogP contribution in [0.2, 0.25) is 19.6 Å². The summed E-state index contributed by atoms with van der Waals surface area (Å²) >= 11 is 0. The van der Waals surface area contributed by atoms with Gasteiger partial charge in [0.2, 0.25) is 5.71 Å². The number of hydrogen-bond acceptors (Lipinski definition) is 4. The smallest absolute Gasteiger partial charge is 0.216 e. The summed E-state index contributed by atoms with van der Waals surface area (Å²) in [7, 11) is -1.75. The van der Waals surface area contributed by atoms with Gasteiger partial charge in [-0.3, -0.25) is 0 Å². The zero-order valence-corrected chi connectivity index (χ0v) is 33.3. The third-order valence-corrected chi connectivity index (χ3v) is 10.3. The van der Waals surface area contributed by atoms with E-state index in [1.807, 2.05) is 76.4 Å². The molecule has 4 aromatic heterocycles. The largest absolute Gasteiger partial charge is 0.486 e. The maximum Gasteiger partial charge on any atom is 0.216 e. The van der Waals surface area contributed by atoms with E-state index in [0.29, 0.717) is 33.5 Å². The summed E-state index contributed by atoms with van der Waals surface area (Å²) < 4.78 is 77.6. The van der Waals surface area contributed by atoms with Gasteiger partial charge in [-0.25, -0.2) is 4.98 Å². The Morgan fingerprint density at radius 2 is 1.71 bits per heavy atom. The molecule has 0 aliphatic carbocycles. The Balaban J connectivity index is 0.000000224. The van der Waals surface area contributed by atoms with Crippen molar-refractivity contribution in [2.45, 2.75) is 73.3 Å². The van der Waals surface area contributed by atoms with Crippen LogP contribution in [0.3, 0.4) is 0 Å². The molecule has 4 nitrogen and oxygen atoms in total. The molecule has 0 spiro atoms. The second kappa shape index (κ2) is 15.6. The predicted molar refractivity (Wildman–Crippen MR) is 212 cm³/mol. The molecular formula is C45H47IrN3OSi-2. The van der Waals surface area contributed by atoms with Gasteiger partial charge in [-0.2, -0.15) is 0 Å². The fourth-order valence-corrected chi connectivity index (χ4v) is 7.35. The van der Waals surface area contributed by atoms with Gasteiger partial charge in [0, 0.05) is 61.8 Å². The van der Waals surface area contributed by atoms with Gasteiger partial charge >= 0.3 is 0 Å². The van der Waals surface area contributed by atoms with Gasteiger partial charge in [0.25, 0.3) is 0 Å². The number of nitrogens with zero attached hydrogens (tertiary/aromatic N) is 3. The van der Waals surface area contributed by atoms with Crippen molar-refractivity contribution in [2.75, 3.05) is 0 Å². The van der Waals surface area contributed by atoms with E-state index in [4.69, 9.17) is 15.4 Å². The van der Waals surface area contributed by atoms with Crippen molar-refractivity contribution in [1.29, 1.82) is 0 Å². The second-order valence-corrected chi connectivity index (χ2v) is 19.4. The first-order chi connectivity index (χ1) is 27.3. The maximum absolute atomic E-state index is 9.21. The zero-order valence-electron chi connectivity index (χ0n) is 38.9. The van der Waals surface area contributed by atoms with Crippen molar-refractivity contribution >= 4 is 35.3 Å². The quantitative estimate of drug-likeness (QED) is 0.123. The number of pyridine rings is 3. The standard InChI is InChI=1S/C23H26NSi.C22H21N2O.Ir/c1-17-11-13-20(14-12-17)22-15-21(23(16-24-22)25(3,4)5)18(2)19-9-7-6-8-10-19;1-14-8-9-17-16-6-5-7-18(20(16)25-21(17)24-14)19-12-15(10-11-23-19)13-22(2,3)4;/h6-13,15-16,18H,1-5H3;5-6,8-12H,13H2,1-4H3;/q2*-1;/i1D3,18D;1D3,13D2;. The summed E-state index contributed by atoms with van der Waals surface area (Å²) in [5.74, 6) is -0.923. The van der Waals surface area contributed by atoms with Crippen LogP contribution in [0.1, 0.15) is 73.9 Å². The minimum atomic E-state index is -2.32. The average Bonchev–Trinajstić information content (AvgIpc) is 3.55. The molecule has 7 aromatic rings. The van der Waals surface area contributed by atoms with E-state index in [1.165, 1.54) is 12.1 Å². The van der Waals surface area contributed by atoms with Gasteiger partial charge in [-0.1, -0.05) is 113 Å². The van der Waals surface area contributed by atoms with E-state index in [2.05, 4.69) is 46.7 Å². The number of fused-ring (bicyclic) bond motifs is 3. The van der Waals surface area contributed by atoms with Crippen LogP contribution in [0.25, 0.3) is 44.6 Å². The predicted octanol–water partition coefficient (Wildman–Crippen LogP) is 11.3. The first-order valence-electron chi connectivity index (χ1n) is 21.1. The Morgan fingerprint density at radius 1 is 0.902 bits per heavy atom. The molecular weight excluding hydrogens is 819 g/mol. The third-order valence-electron chi connectivity index (χ3n) is 8.25. The second-order valence-electron chi connectivity index (χ2n) is 14.4. The number of benzene rings is 3. The van der Waals surface area contributed by atoms with Gasteiger partial charge in [0.05, 0.1) is 13.7 Å². The fraction of sp³-hybridized carbons (Fsp3) is 0.267. The van der Waals surface area contributed by atoms with Crippen molar-refractivity contribution in [1.82, 2.24) is 15.0 Å². The Kier molecular flexibility index (Phi) is 8.37. The fourth-order valence-electron chi connectivity index (χ4n) is 5.83. The van der Waals surface area contributed by atoms with Crippen molar-refractivity contribution in [2.24, 2.45) is 5.41 Å². The van der Waals surface area contributed by atoms with E-state index in [1.54, 1.807) is 42.6 Å². The van der Waals surface area contributed by atoms with Gasteiger partial charge in [-0.05, 0) is 64.5 Å². The van der Waals surface area contributed by atoms with Crippen LogP contribution < -0.4 is 5.19 Å². The minimum absolute atomic E-state index is 0. The molecule has 263 valence electrons. The van der Waals surface area contributed by atoms with Crippen LogP contribution in [-0.2, 0) is 26.5 Å². The van der Waals surface area contributed by atoms with Crippen molar-refractivity contribution in [3.8, 4) is 22.5 Å². The summed E-state index contributed by atoms with van der Waals surface area (Å²) in [6, 6.07) is 33.0. The van der Waals surface area contributed by atoms with Gasteiger partial charge in [0.1, 0.15) is 0 Å². The molecule has 0 aliphatic heterocycles. The van der Waals surface area contributed by atoms with Crippen molar-refractivity contribution < 1.29 is 36.9 Å². The molecule has 4 heterocycles. The third kappa shape index (κ3) is 8.99. The molecule has 7 rings (SSSR count). The Bertz CT molecular complexity index is 2610. The van der Waals surface area contributed by atoms with E-state index >= 15 is 0 Å². The maximum atomic E-state index is 9.21. The SMILES string of the molecule is [2H]C([2H])([2H])c1c[c-]c(-c2cc(C([2H])(C)c3ccccc3)c([Si](C)(C)C)cn2)cc1.[2H]C([2H])([2H])c1ccc2c(n1)oc1c(-c3cc(C([2H])([2H])C(C)(C)C)ccn3)[c-]ccc12.[Ir]. The molecule has 0 N–H and O–H groups in total. The number of rotatable bonds is 6. The summed E-state index contributed by atoms with van der Waals surface area (Å²) in [6.07, 6.45) is 1.91. The monoisotopic (exact) mass is 875 g/mol. The Hall–Kier alpha value is -4.22. The van der Waals surface area contributed by atoms with Crippen LogP contribution >= 0.6 is 0 Å². The average molecular weight is 875 g/mol. The molecule has 1 radical (unpaired) electrons. The molecule has 0 bridgehead atoms. The summed E-state index contributed by atoms with van der Waals surface area (Å²) in [4.78, 5) is 13.3. The summed E-state index contributed by atoms with van der Waals surface area (Å²) in [5.41, 5.74) is 5.28. The van der Waals surface area contributed by atoms with Crippen molar-refractivity contribution in [3.63, 3.8) is 0 Å². The molecule has 0 amide bonds. The molecule has 0 saturated heterocycles. The van der Waals surface area contributed by atoms with E-state index in [-0.39, 0.29) is 37.1 Å². The summed E-state index contributed by atoms with van der Waals surface area (Å²) in [5, 5.41) is 2.63. The number of furan rings is 1. The van der Waals surface area contributed by atoms with Crippen LogP contribution in [0.4, 0.5) is 0 Å². The van der Waals surface area contributed by atoms with Crippen LogP contribution in [0.15, 0.2) is 108 Å². The van der Waals surface area contributed by atoms with Crippen molar-refractivity contribution in [3.05, 3.63) is 143 Å². The summed E-state index contributed by atoms with van der Waals surface area (Å²) in [6.45, 7) is 9.78. The molecule has 1 atom stereocenters. The Labute approximate surface area is 330 Å². The van der Waals surface area contributed by atoms with Crippen LogP contribution in [-0.4, -0.2) is 23.0 Å². The number of aryl methyl sites for hydroxylation is 2. The molecule has 6 heteroatoms. The molecule has 0 fully saturated rings. The Morgan fingerprint density at radius 3 is 2.39 bits per heavy atom. The number of aromatic nitrogens is 3. The first kappa shape index (κ1) is 27.4. The van der Waals surface area contributed by atoms with E-state index in [0.717, 1.165) is 27.3 Å². The molecule has 3 aromatic carbocycles. The van der Waals surface area contributed by atoms with Crippen LogP contribution in [0.5, 0.6) is 0 Å². The van der Waals surface area contributed by atoms with E-state index < -0.39 is 39.5 Å².